The maximum Gasteiger partial charge on any atom is 0.147 e. The van der Waals surface area contributed by atoms with Gasteiger partial charge in [0.05, 0.1) is 5.75 Å². The first-order valence-corrected chi connectivity index (χ1v) is 8.56. The van der Waals surface area contributed by atoms with E-state index in [1.807, 2.05) is 19.9 Å². The van der Waals surface area contributed by atoms with Gasteiger partial charge >= 0.3 is 0 Å². The molecule has 1 atom stereocenters. The molecule has 1 aromatic rings. The van der Waals surface area contributed by atoms with Crippen LogP contribution in [0.3, 0.4) is 0 Å². The third-order valence-electron chi connectivity index (χ3n) is 2.88. The molecule has 0 radical (unpaired) electrons. The third-order valence-corrected chi connectivity index (χ3v) is 3.86. The second-order valence-electron chi connectivity index (χ2n) is 4.99. The van der Waals surface area contributed by atoms with E-state index in [1.165, 1.54) is 18.4 Å². The minimum absolute atomic E-state index is 0.101. The lowest BCUT2D eigenvalue weighted by Gasteiger charge is -2.19. The summed E-state index contributed by atoms with van der Waals surface area (Å²) in [5.41, 5.74) is 1.66. The summed E-state index contributed by atoms with van der Waals surface area (Å²) in [5.74, 6) is -0.179. The van der Waals surface area contributed by atoms with Crippen LogP contribution in [0.4, 0.5) is 4.39 Å². The first-order valence-electron chi connectivity index (χ1n) is 6.50. The van der Waals surface area contributed by atoms with Crippen molar-refractivity contribution in [1.29, 1.82) is 0 Å². The Morgan fingerprint density at radius 1 is 1.32 bits per heavy atom. The van der Waals surface area contributed by atoms with E-state index in [0.29, 0.717) is 6.42 Å². The van der Waals surface area contributed by atoms with Crippen molar-refractivity contribution in [3.63, 3.8) is 0 Å². The minimum atomic E-state index is -3.01. The van der Waals surface area contributed by atoms with Crippen molar-refractivity contribution in [1.82, 2.24) is 5.32 Å². The number of hydrogen-bond donors (Lipinski definition) is 1. The molecule has 0 saturated carbocycles. The summed E-state index contributed by atoms with van der Waals surface area (Å²) < 4.78 is 36.0. The Hall–Kier alpha value is -0.940. The maximum absolute atomic E-state index is 13.4. The molecule has 0 saturated heterocycles. The summed E-state index contributed by atoms with van der Waals surface area (Å²) in [6.07, 6.45) is 2.63. The molecule has 1 rings (SSSR count). The van der Waals surface area contributed by atoms with Gasteiger partial charge in [-0.3, -0.25) is 0 Å². The van der Waals surface area contributed by atoms with Gasteiger partial charge in [-0.1, -0.05) is 13.0 Å². The van der Waals surface area contributed by atoms with Crippen LogP contribution in [0, 0.1) is 12.7 Å². The van der Waals surface area contributed by atoms with Crippen LogP contribution < -0.4 is 5.32 Å². The molecule has 0 fully saturated rings. The normalized spacial score (nSPS) is 13.5. The highest BCUT2D eigenvalue weighted by Crippen LogP contribution is 2.20. The smallest absolute Gasteiger partial charge is 0.147 e. The fraction of sp³-hybridized carbons (Fsp3) is 0.571. The van der Waals surface area contributed by atoms with Crippen molar-refractivity contribution in [3.05, 3.63) is 35.1 Å². The van der Waals surface area contributed by atoms with Gasteiger partial charge in [0.15, 0.2) is 0 Å². The molecule has 0 bridgehead atoms. The van der Waals surface area contributed by atoms with Gasteiger partial charge in [-0.15, -0.1) is 0 Å². The first kappa shape index (κ1) is 16.1. The second-order valence-corrected chi connectivity index (χ2v) is 7.25. The van der Waals surface area contributed by atoms with E-state index in [9.17, 15) is 12.8 Å². The molecule has 0 amide bonds. The van der Waals surface area contributed by atoms with Crippen LogP contribution in [-0.2, 0) is 9.84 Å². The van der Waals surface area contributed by atoms with Crippen LogP contribution >= 0.6 is 0 Å². The number of rotatable bonds is 7. The third kappa shape index (κ3) is 6.16. The SMILES string of the molecule is CCCNC(CCS(C)(=O)=O)c1cc(C)cc(F)c1. The van der Waals surface area contributed by atoms with Crippen LogP contribution in [0.25, 0.3) is 0 Å². The van der Waals surface area contributed by atoms with E-state index in [-0.39, 0.29) is 17.6 Å². The van der Waals surface area contributed by atoms with Gasteiger partial charge in [-0.25, -0.2) is 12.8 Å². The van der Waals surface area contributed by atoms with Crippen molar-refractivity contribution in [2.45, 2.75) is 32.7 Å². The molecule has 0 aromatic heterocycles. The number of benzene rings is 1. The fourth-order valence-corrected chi connectivity index (χ4v) is 2.67. The predicted molar refractivity (Wildman–Crippen MR) is 76.5 cm³/mol. The predicted octanol–water partition coefficient (Wildman–Crippen LogP) is 2.61. The second kappa shape index (κ2) is 7.01. The van der Waals surface area contributed by atoms with Gasteiger partial charge in [0.2, 0.25) is 0 Å². The summed E-state index contributed by atoms with van der Waals surface area (Å²) in [7, 11) is -3.01. The highest BCUT2D eigenvalue weighted by Gasteiger charge is 2.15. The molecule has 5 heteroatoms. The Bertz CT molecular complexity index is 494. The van der Waals surface area contributed by atoms with Crippen LogP contribution in [-0.4, -0.2) is 27.0 Å². The Morgan fingerprint density at radius 2 is 2.00 bits per heavy atom. The molecule has 0 aliphatic rings. The maximum atomic E-state index is 13.4. The van der Waals surface area contributed by atoms with Crippen LogP contribution in [0.15, 0.2) is 18.2 Å². The number of halogens is 1. The molecule has 0 aliphatic carbocycles. The van der Waals surface area contributed by atoms with Crippen molar-refractivity contribution in [2.24, 2.45) is 0 Å². The zero-order chi connectivity index (χ0) is 14.5. The zero-order valence-electron chi connectivity index (χ0n) is 11.7. The van der Waals surface area contributed by atoms with Gasteiger partial charge < -0.3 is 5.32 Å². The average Bonchev–Trinajstić information content (AvgIpc) is 2.26. The molecule has 108 valence electrons. The molecule has 0 aliphatic heterocycles. The largest absolute Gasteiger partial charge is 0.310 e. The number of aryl methyl sites for hydroxylation is 1. The van der Waals surface area contributed by atoms with Crippen LogP contribution in [0.1, 0.15) is 36.9 Å². The standard InChI is InChI=1S/C14H22FNO2S/c1-4-6-16-14(5-7-19(3,17)18)12-8-11(2)9-13(15)10-12/h8-10,14,16H,4-7H2,1-3H3. The fourth-order valence-electron chi connectivity index (χ4n) is 2.00. The lowest BCUT2D eigenvalue weighted by molar-refractivity contribution is 0.509. The average molecular weight is 287 g/mol. The summed E-state index contributed by atoms with van der Waals surface area (Å²) in [5, 5.41) is 3.28. The quantitative estimate of drug-likeness (QED) is 0.838. The summed E-state index contributed by atoms with van der Waals surface area (Å²) >= 11 is 0. The van der Waals surface area contributed by atoms with Crippen molar-refractivity contribution < 1.29 is 12.8 Å². The Kier molecular flexibility index (Phi) is 5.94. The number of hydrogen-bond acceptors (Lipinski definition) is 3. The number of sulfone groups is 1. The van der Waals surface area contributed by atoms with Crippen molar-refractivity contribution in [2.75, 3.05) is 18.6 Å². The van der Waals surface area contributed by atoms with E-state index in [1.54, 1.807) is 0 Å². The molecule has 1 N–H and O–H groups in total. The summed E-state index contributed by atoms with van der Waals surface area (Å²) in [4.78, 5) is 0. The van der Waals surface area contributed by atoms with E-state index < -0.39 is 9.84 Å². The molecular formula is C14H22FNO2S. The summed E-state index contributed by atoms with van der Waals surface area (Å²) in [6, 6.07) is 4.72. The Labute approximate surface area is 115 Å². The lowest BCUT2D eigenvalue weighted by Crippen LogP contribution is -2.24. The van der Waals surface area contributed by atoms with Gasteiger partial charge in [0.1, 0.15) is 15.7 Å². The van der Waals surface area contributed by atoms with E-state index >= 15 is 0 Å². The number of nitrogens with one attached hydrogen (secondary N) is 1. The Morgan fingerprint density at radius 3 is 2.53 bits per heavy atom. The first-order chi connectivity index (χ1) is 8.81. The van der Waals surface area contributed by atoms with E-state index in [2.05, 4.69) is 5.32 Å². The van der Waals surface area contributed by atoms with E-state index in [0.717, 1.165) is 24.1 Å². The van der Waals surface area contributed by atoms with Crippen molar-refractivity contribution in [3.8, 4) is 0 Å². The minimum Gasteiger partial charge on any atom is -0.310 e. The Balaban J connectivity index is 2.88. The zero-order valence-corrected chi connectivity index (χ0v) is 12.6. The topological polar surface area (TPSA) is 46.2 Å². The van der Waals surface area contributed by atoms with Crippen LogP contribution in [0.2, 0.25) is 0 Å². The highest BCUT2D eigenvalue weighted by atomic mass is 32.2. The van der Waals surface area contributed by atoms with Crippen LogP contribution in [0.5, 0.6) is 0 Å². The molecule has 19 heavy (non-hydrogen) atoms. The molecule has 0 heterocycles. The molecular weight excluding hydrogens is 265 g/mol. The molecule has 0 spiro atoms. The van der Waals surface area contributed by atoms with Gasteiger partial charge in [-0.05, 0) is 49.6 Å². The van der Waals surface area contributed by atoms with Crippen molar-refractivity contribution >= 4 is 9.84 Å². The molecule has 1 unspecified atom stereocenters. The van der Waals surface area contributed by atoms with Gasteiger partial charge in [0.25, 0.3) is 0 Å². The molecule has 3 nitrogen and oxygen atoms in total. The van der Waals surface area contributed by atoms with E-state index in [4.69, 9.17) is 0 Å². The monoisotopic (exact) mass is 287 g/mol. The molecule has 1 aromatic carbocycles. The van der Waals surface area contributed by atoms with Gasteiger partial charge in [-0.2, -0.15) is 0 Å². The van der Waals surface area contributed by atoms with Gasteiger partial charge in [0, 0.05) is 12.3 Å². The highest BCUT2D eigenvalue weighted by molar-refractivity contribution is 7.90. The summed E-state index contributed by atoms with van der Waals surface area (Å²) in [6.45, 7) is 4.65. The lowest BCUT2D eigenvalue weighted by atomic mass is 10.0.